The molecule has 0 aliphatic carbocycles. The summed E-state index contributed by atoms with van der Waals surface area (Å²) >= 11 is 3.55. The average molecular weight is 301 g/mol. The molecule has 0 N–H and O–H groups in total. The van der Waals surface area contributed by atoms with E-state index < -0.39 is 0 Å². The van der Waals surface area contributed by atoms with Crippen molar-refractivity contribution in [1.29, 1.82) is 0 Å². The summed E-state index contributed by atoms with van der Waals surface area (Å²) in [6.07, 6.45) is 0.227. The zero-order chi connectivity index (χ0) is 13.2. The summed E-state index contributed by atoms with van der Waals surface area (Å²) in [5.41, 5.74) is 4.08. The van der Waals surface area contributed by atoms with Crippen LogP contribution in [0, 0.1) is 20.8 Å². The lowest BCUT2D eigenvalue weighted by Gasteiger charge is -2.18. The fourth-order valence-corrected chi connectivity index (χ4v) is 2.39. The van der Waals surface area contributed by atoms with Crippen LogP contribution in [0.5, 0.6) is 5.75 Å². The Balaban J connectivity index is 3.41. The lowest BCUT2D eigenvalue weighted by molar-refractivity contribution is -0.139. The molecule has 1 aromatic carbocycles. The lowest BCUT2D eigenvalue weighted by atomic mass is 9.97. The predicted octanol–water partition coefficient (Wildman–Crippen LogP) is 3.10. The Kier molecular flexibility index (Phi) is 4.57. The Bertz CT molecular complexity index is 453. The van der Waals surface area contributed by atoms with E-state index in [4.69, 9.17) is 9.47 Å². The van der Waals surface area contributed by atoms with Crippen molar-refractivity contribution in [2.45, 2.75) is 27.2 Å². The summed E-state index contributed by atoms with van der Waals surface area (Å²) in [4.78, 5) is 11.4. The zero-order valence-corrected chi connectivity index (χ0v) is 12.4. The molecule has 0 aromatic heterocycles. The standard InChI is InChI=1S/C13H17BrO3/c1-7-8(2)13(17-5)10(6-11(15)16-4)9(3)12(7)14/h6H2,1-5H3. The van der Waals surface area contributed by atoms with Crippen LogP contribution in [0.4, 0.5) is 0 Å². The molecule has 94 valence electrons. The van der Waals surface area contributed by atoms with E-state index in [2.05, 4.69) is 15.9 Å². The molecule has 0 spiro atoms. The summed E-state index contributed by atoms with van der Waals surface area (Å²) in [7, 11) is 3.01. The first-order chi connectivity index (χ1) is 7.93. The van der Waals surface area contributed by atoms with Gasteiger partial charge in [-0.1, -0.05) is 15.9 Å². The van der Waals surface area contributed by atoms with Crippen molar-refractivity contribution in [3.63, 3.8) is 0 Å². The van der Waals surface area contributed by atoms with Crippen LogP contribution in [0.25, 0.3) is 0 Å². The monoisotopic (exact) mass is 300 g/mol. The third-order valence-electron chi connectivity index (χ3n) is 3.04. The topological polar surface area (TPSA) is 35.5 Å². The van der Waals surface area contributed by atoms with Crippen molar-refractivity contribution < 1.29 is 14.3 Å². The summed E-state index contributed by atoms with van der Waals surface area (Å²) in [6, 6.07) is 0. The van der Waals surface area contributed by atoms with Crippen LogP contribution >= 0.6 is 15.9 Å². The maximum absolute atomic E-state index is 11.4. The van der Waals surface area contributed by atoms with Crippen molar-refractivity contribution in [3.05, 3.63) is 26.7 Å². The minimum atomic E-state index is -0.262. The highest BCUT2D eigenvalue weighted by molar-refractivity contribution is 9.10. The molecule has 17 heavy (non-hydrogen) atoms. The molecule has 0 bridgehead atoms. The molecule has 0 saturated carbocycles. The van der Waals surface area contributed by atoms with Crippen LogP contribution in [0.1, 0.15) is 22.3 Å². The van der Waals surface area contributed by atoms with Gasteiger partial charge in [-0.25, -0.2) is 0 Å². The Morgan fingerprint density at radius 1 is 1.12 bits per heavy atom. The second kappa shape index (κ2) is 5.54. The molecule has 0 heterocycles. The van der Waals surface area contributed by atoms with Crippen LogP contribution in [0.15, 0.2) is 4.47 Å². The van der Waals surface area contributed by atoms with Crippen LogP contribution < -0.4 is 4.74 Å². The van der Waals surface area contributed by atoms with Gasteiger partial charge in [0.25, 0.3) is 0 Å². The highest BCUT2D eigenvalue weighted by atomic mass is 79.9. The van der Waals surface area contributed by atoms with Crippen LogP contribution in [0.3, 0.4) is 0 Å². The fraction of sp³-hybridized carbons (Fsp3) is 0.462. The Morgan fingerprint density at radius 3 is 2.18 bits per heavy atom. The highest BCUT2D eigenvalue weighted by Gasteiger charge is 2.19. The number of methoxy groups -OCH3 is 2. The van der Waals surface area contributed by atoms with Gasteiger partial charge in [0.2, 0.25) is 0 Å². The van der Waals surface area contributed by atoms with Gasteiger partial charge in [-0.3, -0.25) is 4.79 Å². The molecule has 4 heteroatoms. The van der Waals surface area contributed by atoms with Crippen LogP contribution in [-0.2, 0) is 16.0 Å². The van der Waals surface area contributed by atoms with Gasteiger partial charge in [0.15, 0.2) is 0 Å². The first-order valence-electron chi connectivity index (χ1n) is 5.32. The van der Waals surface area contributed by atoms with E-state index in [9.17, 15) is 4.79 Å². The Hall–Kier alpha value is -1.03. The smallest absolute Gasteiger partial charge is 0.310 e. The molecule has 3 nitrogen and oxygen atoms in total. The number of hydrogen-bond donors (Lipinski definition) is 0. The van der Waals surface area contributed by atoms with Gasteiger partial charge >= 0.3 is 5.97 Å². The quantitative estimate of drug-likeness (QED) is 0.805. The molecule has 0 atom stereocenters. The molecule has 1 rings (SSSR count). The van der Waals surface area contributed by atoms with E-state index >= 15 is 0 Å². The second-order valence-electron chi connectivity index (χ2n) is 3.95. The van der Waals surface area contributed by atoms with Crippen molar-refractivity contribution in [2.75, 3.05) is 14.2 Å². The van der Waals surface area contributed by atoms with Crippen LogP contribution in [0.2, 0.25) is 0 Å². The maximum Gasteiger partial charge on any atom is 0.310 e. The van der Waals surface area contributed by atoms with Crippen LogP contribution in [-0.4, -0.2) is 20.2 Å². The second-order valence-corrected chi connectivity index (χ2v) is 4.75. The van der Waals surface area contributed by atoms with E-state index in [1.807, 2.05) is 20.8 Å². The molecule has 0 amide bonds. The number of benzene rings is 1. The summed E-state index contributed by atoms with van der Waals surface area (Å²) in [5, 5.41) is 0. The third-order valence-corrected chi connectivity index (χ3v) is 4.23. The van der Waals surface area contributed by atoms with E-state index in [1.165, 1.54) is 7.11 Å². The van der Waals surface area contributed by atoms with Crippen molar-refractivity contribution >= 4 is 21.9 Å². The van der Waals surface area contributed by atoms with Gasteiger partial charge in [-0.05, 0) is 37.5 Å². The molecular formula is C13H17BrO3. The number of carbonyl (C=O) groups excluding carboxylic acids is 1. The molecule has 0 saturated heterocycles. The SMILES string of the molecule is COC(=O)Cc1c(C)c(Br)c(C)c(C)c1OC. The normalized spacial score (nSPS) is 10.2. The largest absolute Gasteiger partial charge is 0.496 e. The molecule has 0 radical (unpaired) electrons. The van der Waals surface area contributed by atoms with Gasteiger partial charge in [0, 0.05) is 10.0 Å². The zero-order valence-electron chi connectivity index (χ0n) is 10.8. The number of ether oxygens (including phenoxy) is 2. The van der Waals surface area contributed by atoms with Gasteiger partial charge in [-0.2, -0.15) is 0 Å². The third kappa shape index (κ3) is 2.63. The maximum atomic E-state index is 11.4. The lowest BCUT2D eigenvalue weighted by Crippen LogP contribution is -2.09. The van der Waals surface area contributed by atoms with Gasteiger partial charge < -0.3 is 9.47 Å². The van der Waals surface area contributed by atoms with E-state index in [0.717, 1.165) is 32.5 Å². The predicted molar refractivity (Wildman–Crippen MR) is 70.6 cm³/mol. The van der Waals surface area contributed by atoms with Crippen molar-refractivity contribution in [3.8, 4) is 5.75 Å². The number of esters is 1. The molecule has 0 aliphatic heterocycles. The highest BCUT2D eigenvalue weighted by Crippen LogP contribution is 2.36. The Labute approximate surface area is 110 Å². The van der Waals surface area contributed by atoms with Gasteiger partial charge in [0.1, 0.15) is 5.75 Å². The van der Waals surface area contributed by atoms with Gasteiger partial charge in [-0.15, -0.1) is 0 Å². The average Bonchev–Trinajstić information content (AvgIpc) is 2.33. The number of carbonyl (C=O) groups is 1. The van der Waals surface area contributed by atoms with E-state index in [1.54, 1.807) is 7.11 Å². The Morgan fingerprint density at radius 2 is 1.71 bits per heavy atom. The summed E-state index contributed by atoms with van der Waals surface area (Å²) in [5.74, 6) is 0.509. The molecule has 0 fully saturated rings. The molecule has 1 aromatic rings. The van der Waals surface area contributed by atoms with Crippen molar-refractivity contribution in [1.82, 2.24) is 0 Å². The first kappa shape index (κ1) is 14.0. The first-order valence-corrected chi connectivity index (χ1v) is 6.12. The van der Waals surface area contributed by atoms with Crippen molar-refractivity contribution in [2.24, 2.45) is 0 Å². The molecule has 0 unspecified atom stereocenters. The minimum absolute atomic E-state index is 0.227. The number of halogens is 1. The molecule has 0 aliphatic rings. The number of rotatable bonds is 3. The van der Waals surface area contributed by atoms with E-state index in [0.29, 0.717) is 0 Å². The fourth-order valence-electron chi connectivity index (χ4n) is 1.85. The summed E-state index contributed by atoms with van der Waals surface area (Å²) < 4.78 is 11.1. The van der Waals surface area contributed by atoms with Gasteiger partial charge in [0.05, 0.1) is 20.6 Å². The minimum Gasteiger partial charge on any atom is -0.496 e. The number of hydrogen-bond acceptors (Lipinski definition) is 3. The molecular weight excluding hydrogens is 284 g/mol. The van der Waals surface area contributed by atoms with E-state index in [-0.39, 0.29) is 12.4 Å². The summed E-state index contributed by atoms with van der Waals surface area (Å²) in [6.45, 7) is 5.98.